The number of nitrogens with one attached hydrogen (secondary N) is 4. The molecular formula is C48H56N6O11. The molecule has 2 aliphatic heterocycles. The summed E-state index contributed by atoms with van der Waals surface area (Å²) in [7, 11) is 0. The van der Waals surface area contributed by atoms with Crippen molar-refractivity contribution < 1.29 is 53.2 Å². The molecule has 0 bridgehead atoms. The molecule has 8 rings (SSSR count). The molecular weight excluding hydrogens is 837 g/mol. The second-order valence-corrected chi connectivity index (χ2v) is 18.7. The van der Waals surface area contributed by atoms with Gasteiger partial charge in [-0.05, 0) is 100 Å². The zero-order valence-electron chi connectivity index (χ0n) is 37.0. The molecule has 3 saturated carbocycles. The molecule has 344 valence electrons. The quantitative estimate of drug-likeness (QED) is 0.150. The van der Waals surface area contributed by atoms with Gasteiger partial charge in [0.2, 0.25) is 17.7 Å². The molecule has 6 aliphatic rings. The summed E-state index contributed by atoms with van der Waals surface area (Å²) in [4.78, 5) is 93.1. The Hall–Kier alpha value is -5.88. The van der Waals surface area contributed by atoms with Gasteiger partial charge in [0.05, 0.1) is 12.2 Å². The summed E-state index contributed by atoms with van der Waals surface area (Å²) in [5.41, 5.74) is 0.264. The Kier molecular flexibility index (Phi) is 12.3. The first-order valence-corrected chi connectivity index (χ1v) is 22.2. The maximum Gasteiger partial charge on any atom is 0.253 e. The largest absolute Gasteiger partial charge is 0.393 e. The Balaban J connectivity index is 0.841. The average molecular weight is 893 g/mol. The number of fused-ring (bicyclic) bond motifs is 7. The molecule has 5 amide bonds. The number of anilines is 2. The third-order valence-electron chi connectivity index (χ3n) is 14.9. The van der Waals surface area contributed by atoms with Crippen molar-refractivity contribution in [2.45, 2.75) is 109 Å². The molecule has 17 nitrogen and oxygen atoms in total. The van der Waals surface area contributed by atoms with Crippen LogP contribution in [0.1, 0.15) is 90.2 Å². The Morgan fingerprint density at radius 2 is 1.65 bits per heavy atom. The van der Waals surface area contributed by atoms with Crippen LogP contribution in [0.5, 0.6) is 0 Å². The number of pyridine rings is 1. The molecule has 4 aliphatic carbocycles. The average Bonchev–Trinajstić information content (AvgIpc) is 3.90. The van der Waals surface area contributed by atoms with Crippen LogP contribution < -0.4 is 21.3 Å². The number of benzene rings is 1. The summed E-state index contributed by atoms with van der Waals surface area (Å²) in [6.07, 6.45) is 8.93. The van der Waals surface area contributed by atoms with Crippen molar-refractivity contribution in [2.24, 2.45) is 28.6 Å². The highest BCUT2D eigenvalue weighted by Crippen LogP contribution is 2.70. The highest BCUT2D eigenvalue weighted by atomic mass is 16.7. The third-order valence-corrected chi connectivity index (χ3v) is 14.9. The fourth-order valence-electron chi connectivity index (χ4n) is 11.5. The van der Waals surface area contributed by atoms with Gasteiger partial charge in [-0.1, -0.05) is 37.6 Å². The van der Waals surface area contributed by atoms with Crippen LogP contribution in [0.2, 0.25) is 0 Å². The summed E-state index contributed by atoms with van der Waals surface area (Å²) < 4.78 is 13.3. The smallest absolute Gasteiger partial charge is 0.253 e. The van der Waals surface area contributed by atoms with E-state index in [2.05, 4.69) is 33.2 Å². The fourth-order valence-corrected chi connectivity index (χ4v) is 11.5. The minimum atomic E-state index is -1.47. The van der Waals surface area contributed by atoms with Crippen LogP contribution in [0.4, 0.5) is 11.5 Å². The number of Topliss-reactive ketones (excluding diaryl/α,β-unsaturated/α-hetero) is 1. The van der Waals surface area contributed by atoms with Crippen LogP contribution in [0.25, 0.3) is 0 Å². The minimum absolute atomic E-state index is 0.0216. The normalized spacial score (nSPS) is 32.3. The Morgan fingerprint density at radius 1 is 0.938 bits per heavy atom. The Labute approximate surface area is 376 Å². The zero-order valence-corrected chi connectivity index (χ0v) is 37.0. The van der Waals surface area contributed by atoms with Crippen LogP contribution in [0.15, 0.2) is 78.5 Å². The maximum absolute atomic E-state index is 13.9. The van der Waals surface area contributed by atoms with Gasteiger partial charge < -0.3 is 41.0 Å². The highest BCUT2D eigenvalue weighted by Gasteiger charge is 2.76. The summed E-state index contributed by atoms with van der Waals surface area (Å²) in [5, 5.41) is 33.5. The number of ketones is 2. The number of amides is 5. The van der Waals surface area contributed by atoms with Gasteiger partial charge in [-0.2, -0.15) is 0 Å². The van der Waals surface area contributed by atoms with Gasteiger partial charge in [0.15, 0.2) is 23.5 Å². The van der Waals surface area contributed by atoms with E-state index < -0.39 is 88.9 Å². The number of hydrogen-bond donors (Lipinski definition) is 6. The van der Waals surface area contributed by atoms with E-state index in [0.29, 0.717) is 23.5 Å². The lowest BCUT2D eigenvalue weighted by Crippen LogP contribution is -2.63. The number of hydrogen-bond acceptors (Lipinski definition) is 13. The first-order valence-electron chi connectivity index (χ1n) is 22.2. The molecule has 65 heavy (non-hydrogen) atoms. The number of aliphatic hydroxyl groups is 2. The van der Waals surface area contributed by atoms with E-state index in [0.717, 1.165) is 41.0 Å². The van der Waals surface area contributed by atoms with Crippen LogP contribution in [0, 0.1) is 28.6 Å². The predicted octanol–water partition coefficient (Wildman–Crippen LogP) is 3.12. The SMILES string of the molecule is C[C@H](NC(=O)CCN1C(=O)C=CC1=O)C(=O)N[C@@H](C)C(=O)Nc1ccc([C@H](C)Nc2ccc([C@@H]3O[C@@H]4CC5[C@@H]6CCC7=CC(=O)C=C[C@]7(C)C6[C@@H](O)C[C@]5(C)[C@]4(C(=O)CO)O3)cn2)cc1. The molecule has 1 saturated heterocycles. The summed E-state index contributed by atoms with van der Waals surface area (Å²) in [5.74, 6) is -2.65. The van der Waals surface area contributed by atoms with E-state index in [9.17, 15) is 43.8 Å². The molecule has 2 unspecified atom stereocenters. The molecule has 3 heterocycles. The molecule has 1 aromatic heterocycles. The monoisotopic (exact) mass is 892 g/mol. The summed E-state index contributed by atoms with van der Waals surface area (Å²) in [6, 6.07) is 8.62. The van der Waals surface area contributed by atoms with Crippen molar-refractivity contribution in [3.8, 4) is 0 Å². The number of nitrogens with zero attached hydrogens (tertiary/aromatic N) is 2. The summed E-state index contributed by atoms with van der Waals surface area (Å²) >= 11 is 0. The van der Waals surface area contributed by atoms with Crippen molar-refractivity contribution in [3.05, 3.63) is 89.7 Å². The van der Waals surface area contributed by atoms with Gasteiger partial charge in [-0.25, -0.2) is 4.98 Å². The van der Waals surface area contributed by atoms with E-state index in [1.807, 2.05) is 38.1 Å². The lowest BCUT2D eigenvalue weighted by molar-refractivity contribution is -0.201. The molecule has 12 atom stereocenters. The molecule has 6 N–H and O–H groups in total. The number of ether oxygens (including phenoxy) is 2. The first-order chi connectivity index (χ1) is 30.9. The second-order valence-electron chi connectivity index (χ2n) is 18.7. The van der Waals surface area contributed by atoms with Crippen molar-refractivity contribution in [1.82, 2.24) is 20.5 Å². The van der Waals surface area contributed by atoms with Gasteiger partial charge in [-0.15, -0.1) is 0 Å². The standard InChI is InChI=1S/C48H56N6O11/c1-25(28-6-10-31(11-7-28)53-44(63)27(3)52-43(62)26(2)51-39(59)17-19-54-40(60)14-15-41(54)61)50-38-13-8-29(23-49-38)45-64-37-21-34-33-12-9-30-20-32(56)16-18-46(30,4)42(33)35(57)22-47(34,5)48(37,65-45)36(58)24-55/h6-8,10-11,13-16,18,20,23,25-27,33-35,37,42,45,55,57H,9,12,17,19,21-22,24H2,1-5H3,(H,49,50)(H,51,59)(H,52,62)(H,53,63)/t25-,26-,27-,33-,34?,35-,37+,42?,45+,46-,47-,48+/m0/s1. The van der Waals surface area contributed by atoms with Gasteiger partial charge >= 0.3 is 0 Å². The van der Waals surface area contributed by atoms with Crippen molar-refractivity contribution in [3.63, 3.8) is 0 Å². The van der Waals surface area contributed by atoms with Gasteiger partial charge in [0.1, 0.15) is 24.5 Å². The van der Waals surface area contributed by atoms with E-state index >= 15 is 0 Å². The first kappa shape index (κ1) is 45.7. The molecule has 0 spiro atoms. The predicted molar refractivity (Wildman–Crippen MR) is 234 cm³/mol. The number of aliphatic hydroxyl groups excluding tert-OH is 2. The molecule has 2 aromatic rings. The van der Waals surface area contributed by atoms with Crippen molar-refractivity contribution >= 4 is 52.6 Å². The number of aromatic nitrogens is 1. The lowest BCUT2D eigenvalue weighted by Gasteiger charge is -2.59. The molecule has 4 fully saturated rings. The number of rotatable bonds is 14. The minimum Gasteiger partial charge on any atom is -0.393 e. The van der Waals surface area contributed by atoms with Crippen LogP contribution >= 0.6 is 0 Å². The third kappa shape index (κ3) is 8.12. The Bertz CT molecular complexity index is 2370. The lowest BCUT2D eigenvalue weighted by atomic mass is 9.46. The van der Waals surface area contributed by atoms with E-state index in [-0.39, 0.29) is 49.0 Å². The Morgan fingerprint density at radius 3 is 2.32 bits per heavy atom. The number of allylic oxidation sites excluding steroid dienone is 4. The van der Waals surface area contributed by atoms with Crippen molar-refractivity contribution in [2.75, 3.05) is 23.8 Å². The number of carbonyl (C=O) groups is 7. The summed E-state index contributed by atoms with van der Waals surface area (Å²) in [6.45, 7) is 8.18. The topological polar surface area (TPSA) is 243 Å². The van der Waals surface area contributed by atoms with Gasteiger partial charge in [0.25, 0.3) is 11.8 Å². The van der Waals surface area contributed by atoms with Crippen LogP contribution in [-0.2, 0) is 43.0 Å². The second kappa shape index (κ2) is 17.5. The molecule has 1 aromatic carbocycles. The molecule has 17 heteroatoms. The maximum atomic E-state index is 13.9. The van der Waals surface area contributed by atoms with Crippen molar-refractivity contribution in [1.29, 1.82) is 0 Å². The van der Waals surface area contributed by atoms with E-state index in [1.54, 1.807) is 36.5 Å². The van der Waals surface area contributed by atoms with Crippen LogP contribution in [-0.4, -0.2) is 104 Å². The van der Waals surface area contributed by atoms with Gasteiger partial charge in [0, 0.05) is 65.4 Å². The van der Waals surface area contributed by atoms with Gasteiger partial charge in [-0.3, -0.25) is 38.5 Å². The molecule has 0 radical (unpaired) electrons. The zero-order chi connectivity index (χ0) is 46.6. The van der Waals surface area contributed by atoms with E-state index in [1.165, 1.54) is 13.8 Å². The highest BCUT2D eigenvalue weighted by molar-refractivity contribution is 6.13. The number of carbonyl (C=O) groups excluding carboxylic acids is 7. The number of imide groups is 1. The van der Waals surface area contributed by atoms with E-state index in [4.69, 9.17) is 9.47 Å². The van der Waals surface area contributed by atoms with Crippen LogP contribution in [0.3, 0.4) is 0 Å². The fraction of sp³-hybridized carbons (Fsp3) is 0.500.